The summed E-state index contributed by atoms with van der Waals surface area (Å²) in [6, 6.07) is 4.95. The Hall–Kier alpha value is -1.67. The van der Waals surface area contributed by atoms with Crippen LogP contribution in [0.5, 0.6) is 0 Å². The zero-order chi connectivity index (χ0) is 16.2. The van der Waals surface area contributed by atoms with Crippen LogP contribution in [0.25, 0.3) is 0 Å². The first-order chi connectivity index (χ1) is 10.4. The van der Waals surface area contributed by atoms with E-state index in [9.17, 15) is 17.6 Å². The normalized spacial score (nSPS) is 18.2. The molecule has 1 saturated heterocycles. The predicted molar refractivity (Wildman–Crippen MR) is 80.6 cm³/mol. The van der Waals surface area contributed by atoms with Crippen molar-refractivity contribution >= 4 is 21.6 Å². The highest BCUT2D eigenvalue weighted by atomic mass is 32.2. The molecule has 0 saturated carbocycles. The molecule has 0 aliphatic carbocycles. The highest BCUT2D eigenvalue weighted by Crippen LogP contribution is 2.17. The maximum Gasteiger partial charge on any atom is 0.240 e. The highest BCUT2D eigenvalue weighted by molar-refractivity contribution is 7.92. The molecule has 1 aliphatic rings. The third kappa shape index (κ3) is 4.67. The van der Waals surface area contributed by atoms with Crippen LogP contribution < -0.4 is 9.62 Å². The second kappa shape index (κ2) is 7.06. The second-order valence-corrected chi connectivity index (χ2v) is 7.09. The Bertz CT molecular complexity index is 612. The lowest BCUT2D eigenvalue weighted by Crippen LogP contribution is -2.42. The molecular weight excluding hydrogens is 311 g/mol. The van der Waals surface area contributed by atoms with E-state index in [2.05, 4.69) is 5.32 Å². The first-order valence-corrected chi connectivity index (χ1v) is 8.82. The van der Waals surface area contributed by atoms with Gasteiger partial charge in [0.05, 0.1) is 18.0 Å². The van der Waals surface area contributed by atoms with Gasteiger partial charge in [-0.05, 0) is 37.1 Å². The van der Waals surface area contributed by atoms with Gasteiger partial charge in [0.15, 0.2) is 0 Å². The van der Waals surface area contributed by atoms with Crippen LogP contribution in [0.1, 0.15) is 12.8 Å². The summed E-state index contributed by atoms with van der Waals surface area (Å²) in [6.07, 6.45) is 2.84. The Balaban J connectivity index is 2.00. The standard InChI is InChI=1S/C14H19FN2O4S/c1-22(19,20)17(12-6-4-11(15)5-7-12)10-14(18)16-9-13-3-2-8-21-13/h4-7,13H,2-3,8-10H2,1H3,(H,16,18)/t13-/m0/s1. The van der Waals surface area contributed by atoms with Crippen LogP contribution in [0, 0.1) is 5.82 Å². The number of benzene rings is 1. The number of hydrogen-bond acceptors (Lipinski definition) is 4. The number of carbonyl (C=O) groups excluding carboxylic acids is 1. The zero-order valence-electron chi connectivity index (χ0n) is 12.3. The van der Waals surface area contributed by atoms with Gasteiger partial charge in [0, 0.05) is 13.2 Å². The molecule has 1 N–H and O–H groups in total. The molecule has 6 nitrogen and oxygen atoms in total. The maximum absolute atomic E-state index is 12.9. The van der Waals surface area contributed by atoms with Crippen LogP contribution in [0.4, 0.5) is 10.1 Å². The molecule has 1 fully saturated rings. The molecule has 0 bridgehead atoms. The van der Waals surface area contributed by atoms with Gasteiger partial charge in [0.2, 0.25) is 15.9 Å². The minimum absolute atomic E-state index is 0.0125. The number of nitrogens with one attached hydrogen (secondary N) is 1. The summed E-state index contributed by atoms with van der Waals surface area (Å²) in [6.45, 7) is 0.697. The molecule has 1 aliphatic heterocycles. The van der Waals surface area contributed by atoms with Crippen LogP contribution >= 0.6 is 0 Å². The number of hydrogen-bond donors (Lipinski definition) is 1. The van der Waals surface area contributed by atoms with Gasteiger partial charge < -0.3 is 10.1 Å². The van der Waals surface area contributed by atoms with Crippen molar-refractivity contribution in [1.29, 1.82) is 0 Å². The lowest BCUT2D eigenvalue weighted by Gasteiger charge is -2.22. The third-order valence-electron chi connectivity index (χ3n) is 3.35. The number of sulfonamides is 1. The van der Waals surface area contributed by atoms with Crippen LogP contribution in [0.3, 0.4) is 0 Å². The quantitative estimate of drug-likeness (QED) is 0.840. The molecule has 122 valence electrons. The number of anilines is 1. The Morgan fingerprint density at radius 3 is 2.64 bits per heavy atom. The molecule has 1 heterocycles. The molecule has 8 heteroatoms. The number of carbonyl (C=O) groups is 1. The van der Waals surface area contributed by atoms with E-state index in [0.717, 1.165) is 35.5 Å². The summed E-state index contributed by atoms with van der Waals surface area (Å²) in [4.78, 5) is 12.0. The van der Waals surface area contributed by atoms with E-state index >= 15 is 0 Å². The molecule has 1 amide bonds. The first kappa shape index (κ1) is 16.7. The minimum atomic E-state index is -3.64. The summed E-state index contributed by atoms with van der Waals surface area (Å²) in [5.74, 6) is -0.898. The van der Waals surface area contributed by atoms with E-state index in [1.807, 2.05) is 0 Å². The van der Waals surface area contributed by atoms with Crippen molar-refractivity contribution in [2.24, 2.45) is 0 Å². The molecule has 0 radical (unpaired) electrons. The summed E-state index contributed by atoms with van der Waals surface area (Å²) in [5, 5.41) is 2.66. The fourth-order valence-electron chi connectivity index (χ4n) is 2.23. The molecule has 0 spiro atoms. The second-order valence-electron chi connectivity index (χ2n) is 5.19. The van der Waals surface area contributed by atoms with Crippen LogP contribution in [0.15, 0.2) is 24.3 Å². The summed E-state index contributed by atoms with van der Waals surface area (Å²) < 4.78 is 42.9. The van der Waals surface area contributed by atoms with E-state index in [4.69, 9.17) is 4.74 Å². The van der Waals surface area contributed by atoms with Crippen molar-refractivity contribution in [3.63, 3.8) is 0 Å². The van der Waals surface area contributed by atoms with Gasteiger partial charge in [-0.3, -0.25) is 9.10 Å². The molecule has 0 unspecified atom stereocenters. The van der Waals surface area contributed by atoms with E-state index < -0.39 is 21.7 Å². The topological polar surface area (TPSA) is 75.7 Å². The highest BCUT2D eigenvalue weighted by Gasteiger charge is 2.22. The lowest BCUT2D eigenvalue weighted by atomic mass is 10.2. The largest absolute Gasteiger partial charge is 0.376 e. The van der Waals surface area contributed by atoms with Gasteiger partial charge in [-0.2, -0.15) is 0 Å². The van der Waals surface area contributed by atoms with Gasteiger partial charge in [0.1, 0.15) is 12.4 Å². The smallest absolute Gasteiger partial charge is 0.240 e. The van der Waals surface area contributed by atoms with E-state index in [-0.39, 0.29) is 18.3 Å². The van der Waals surface area contributed by atoms with Crippen molar-refractivity contribution in [2.75, 3.05) is 30.3 Å². The van der Waals surface area contributed by atoms with Crippen molar-refractivity contribution in [1.82, 2.24) is 5.32 Å². The summed E-state index contributed by atoms with van der Waals surface area (Å²) in [5.41, 5.74) is 0.246. The van der Waals surface area contributed by atoms with Crippen LogP contribution in [0.2, 0.25) is 0 Å². The Labute approximate surface area is 129 Å². The number of nitrogens with zero attached hydrogens (tertiary/aromatic N) is 1. The monoisotopic (exact) mass is 330 g/mol. The predicted octanol–water partition coefficient (Wildman–Crippen LogP) is 0.887. The number of amides is 1. The number of halogens is 1. The maximum atomic E-state index is 12.9. The molecular formula is C14H19FN2O4S. The average molecular weight is 330 g/mol. The molecule has 22 heavy (non-hydrogen) atoms. The zero-order valence-corrected chi connectivity index (χ0v) is 13.1. The van der Waals surface area contributed by atoms with E-state index in [1.54, 1.807) is 0 Å². The minimum Gasteiger partial charge on any atom is -0.376 e. The van der Waals surface area contributed by atoms with Gasteiger partial charge >= 0.3 is 0 Å². The van der Waals surface area contributed by atoms with Crippen LogP contribution in [-0.2, 0) is 19.6 Å². The molecule has 1 aromatic rings. The molecule has 1 atom stereocenters. The Morgan fingerprint density at radius 2 is 2.09 bits per heavy atom. The van der Waals surface area contributed by atoms with E-state index in [0.29, 0.717) is 13.2 Å². The van der Waals surface area contributed by atoms with Crippen molar-refractivity contribution in [3.8, 4) is 0 Å². The van der Waals surface area contributed by atoms with E-state index in [1.165, 1.54) is 12.1 Å². The SMILES string of the molecule is CS(=O)(=O)N(CC(=O)NC[C@@H]1CCCO1)c1ccc(F)cc1. The Morgan fingerprint density at radius 1 is 1.41 bits per heavy atom. The van der Waals surface area contributed by atoms with Gasteiger partial charge in [-0.25, -0.2) is 12.8 Å². The van der Waals surface area contributed by atoms with Gasteiger partial charge in [-0.1, -0.05) is 0 Å². The first-order valence-electron chi connectivity index (χ1n) is 6.98. The molecule has 2 rings (SSSR count). The van der Waals surface area contributed by atoms with Gasteiger partial charge in [0.25, 0.3) is 0 Å². The third-order valence-corrected chi connectivity index (χ3v) is 4.49. The fraction of sp³-hybridized carbons (Fsp3) is 0.500. The van der Waals surface area contributed by atoms with Crippen LogP contribution in [-0.4, -0.2) is 46.4 Å². The number of ether oxygens (including phenoxy) is 1. The summed E-state index contributed by atoms with van der Waals surface area (Å²) >= 11 is 0. The van der Waals surface area contributed by atoms with Gasteiger partial charge in [-0.15, -0.1) is 0 Å². The average Bonchev–Trinajstić information content (AvgIpc) is 2.96. The van der Waals surface area contributed by atoms with Crippen molar-refractivity contribution in [2.45, 2.75) is 18.9 Å². The summed E-state index contributed by atoms with van der Waals surface area (Å²) in [7, 11) is -3.64. The van der Waals surface area contributed by atoms with Crippen molar-refractivity contribution < 1.29 is 22.3 Å². The Kier molecular flexibility index (Phi) is 5.36. The fourth-order valence-corrected chi connectivity index (χ4v) is 3.08. The van der Waals surface area contributed by atoms with Crippen molar-refractivity contribution in [3.05, 3.63) is 30.1 Å². The number of rotatable bonds is 6. The lowest BCUT2D eigenvalue weighted by molar-refractivity contribution is -0.120. The molecule has 1 aromatic carbocycles. The molecule has 0 aromatic heterocycles.